The van der Waals surface area contributed by atoms with Gasteiger partial charge in [-0.25, -0.2) is 0 Å². The summed E-state index contributed by atoms with van der Waals surface area (Å²) in [5, 5.41) is 19.7. The fourth-order valence-electron chi connectivity index (χ4n) is 3.45. The topological polar surface area (TPSA) is 64.3 Å². The van der Waals surface area contributed by atoms with E-state index in [0.717, 1.165) is 18.4 Å². The number of carbonyl (C=O) groups is 1. The van der Waals surface area contributed by atoms with Crippen molar-refractivity contribution in [1.29, 1.82) is 5.26 Å². The molecule has 2 aromatic rings. The van der Waals surface area contributed by atoms with Crippen molar-refractivity contribution in [2.24, 2.45) is 5.92 Å². The van der Waals surface area contributed by atoms with Crippen LogP contribution in [0.2, 0.25) is 0 Å². The molecule has 0 bridgehead atoms. The number of likely N-dealkylation sites (tertiary alicyclic amines) is 1. The molecule has 4 nitrogen and oxygen atoms in total. The first-order valence-corrected chi connectivity index (χ1v) is 8.69. The van der Waals surface area contributed by atoms with E-state index < -0.39 is 0 Å². The van der Waals surface area contributed by atoms with Gasteiger partial charge in [-0.3, -0.25) is 4.79 Å². The lowest BCUT2D eigenvalue weighted by molar-refractivity contribution is 0.0467. The van der Waals surface area contributed by atoms with Crippen LogP contribution in [0.1, 0.15) is 34.3 Å². The minimum absolute atomic E-state index is 0.0897. The number of benzene rings is 2. The van der Waals surface area contributed by atoms with Crippen LogP contribution in [0.5, 0.6) is 0 Å². The van der Waals surface area contributed by atoms with E-state index in [1.165, 1.54) is 0 Å². The largest absolute Gasteiger partial charge is 0.392 e. The van der Waals surface area contributed by atoms with Crippen molar-refractivity contribution in [2.45, 2.75) is 25.4 Å². The number of piperidine rings is 1. The third kappa shape index (κ3) is 4.07. The zero-order chi connectivity index (χ0) is 17.6. The van der Waals surface area contributed by atoms with E-state index in [-0.39, 0.29) is 17.9 Å². The van der Waals surface area contributed by atoms with Crippen molar-refractivity contribution in [3.05, 3.63) is 71.3 Å². The van der Waals surface area contributed by atoms with Crippen LogP contribution in [0.25, 0.3) is 0 Å². The van der Waals surface area contributed by atoms with Gasteiger partial charge in [0.05, 0.1) is 23.3 Å². The van der Waals surface area contributed by atoms with Crippen molar-refractivity contribution >= 4 is 5.91 Å². The van der Waals surface area contributed by atoms with Gasteiger partial charge in [-0.15, -0.1) is 0 Å². The maximum atomic E-state index is 12.7. The molecule has 1 aliphatic heterocycles. The fourth-order valence-corrected chi connectivity index (χ4v) is 3.45. The summed E-state index contributed by atoms with van der Waals surface area (Å²) in [4.78, 5) is 14.5. The Morgan fingerprint density at radius 2 is 1.76 bits per heavy atom. The first kappa shape index (κ1) is 17.2. The van der Waals surface area contributed by atoms with Crippen molar-refractivity contribution in [3.63, 3.8) is 0 Å². The number of nitrogens with zero attached hydrogens (tertiary/aromatic N) is 2. The molecule has 1 heterocycles. The van der Waals surface area contributed by atoms with Gasteiger partial charge in [-0.1, -0.05) is 42.5 Å². The van der Waals surface area contributed by atoms with Gasteiger partial charge < -0.3 is 10.0 Å². The standard InChI is InChI=1S/C21H22N2O2/c22-15-18-8-4-5-9-19(18)21(25)23-12-10-17(11-13-23)20(24)14-16-6-2-1-3-7-16/h1-9,17,20,24H,10-14H2/t20-/m0/s1. The fraction of sp³-hybridized carbons (Fsp3) is 0.333. The van der Waals surface area contributed by atoms with Crippen LogP contribution >= 0.6 is 0 Å². The summed E-state index contributed by atoms with van der Waals surface area (Å²) in [5.74, 6) is 0.114. The number of hydrogen-bond acceptors (Lipinski definition) is 3. The summed E-state index contributed by atoms with van der Waals surface area (Å²) in [5.41, 5.74) is 2.02. The molecule has 1 N–H and O–H groups in total. The quantitative estimate of drug-likeness (QED) is 0.935. The van der Waals surface area contributed by atoms with E-state index >= 15 is 0 Å². The molecule has 0 aromatic heterocycles. The molecule has 3 rings (SSSR count). The van der Waals surface area contributed by atoms with Gasteiger partial charge in [0, 0.05) is 13.1 Å². The van der Waals surface area contributed by atoms with E-state index in [1.807, 2.05) is 30.3 Å². The second kappa shape index (κ2) is 7.96. The first-order chi connectivity index (χ1) is 12.2. The Labute approximate surface area is 148 Å². The summed E-state index contributed by atoms with van der Waals surface area (Å²) < 4.78 is 0. The number of amides is 1. The minimum Gasteiger partial charge on any atom is -0.392 e. The smallest absolute Gasteiger partial charge is 0.255 e. The van der Waals surface area contributed by atoms with E-state index in [1.54, 1.807) is 29.2 Å². The molecule has 1 aliphatic rings. The highest BCUT2D eigenvalue weighted by molar-refractivity contribution is 5.96. The molecule has 128 valence electrons. The Bertz CT molecular complexity index is 759. The predicted octanol–water partition coefficient (Wildman–Crippen LogP) is 3.01. The Hall–Kier alpha value is -2.64. The molecule has 0 saturated carbocycles. The van der Waals surface area contributed by atoms with Crippen LogP contribution in [0.15, 0.2) is 54.6 Å². The van der Waals surface area contributed by atoms with Gasteiger partial charge in [0.15, 0.2) is 0 Å². The maximum absolute atomic E-state index is 12.7. The predicted molar refractivity (Wildman–Crippen MR) is 95.9 cm³/mol. The summed E-state index contributed by atoms with van der Waals surface area (Å²) in [6.45, 7) is 1.24. The molecule has 1 fully saturated rings. The molecule has 0 unspecified atom stereocenters. The Balaban J connectivity index is 1.58. The molecular formula is C21H22N2O2. The molecule has 25 heavy (non-hydrogen) atoms. The van der Waals surface area contributed by atoms with Crippen LogP contribution in [0.4, 0.5) is 0 Å². The molecular weight excluding hydrogens is 312 g/mol. The highest BCUT2D eigenvalue weighted by Gasteiger charge is 2.28. The van der Waals surface area contributed by atoms with Gasteiger partial charge in [0.1, 0.15) is 0 Å². The Kier molecular flexibility index (Phi) is 5.47. The average molecular weight is 334 g/mol. The molecule has 0 spiro atoms. The zero-order valence-electron chi connectivity index (χ0n) is 14.1. The Morgan fingerprint density at radius 1 is 1.12 bits per heavy atom. The normalized spacial score (nSPS) is 16.2. The lowest BCUT2D eigenvalue weighted by atomic mass is 9.87. The molecule has 4 heteroatoms. The van der Waals surface area contributed by atoms with E-state index in [4.69, 9.17) is 5.26 Å². The Morgan fingerprint density at radius 3 is 2.44 bits per heavy atom. The van der Waals surface area contributed by atoms with Crippen molar-refractivity contribution in [2.75, 3.05) is 13.1 Å². The summed E-state index contributed by atoms with van der Waals surface area (Å²) >= 11 is 0. The number of aliphatic hydroxyl groups is 1. The van der Waals surface area contributed by atoms with Gasteiger partial charge >= 0.3 is 0 Å². The zero-order valence-corrected chi connectivity index (χ0v) is 14.1. The van der Waals surface area contributed by atoms with E-state index in [0.29, 0.717) is 30.6 Å². The molecule has 2 aromatic carbocycles. The van der Waals surface area contributed by atoms with Gasteiger partial charge in [0.2, 0.25) is 0 Å². The summed E-state index contributed by atoms with van der Waals surface area (Å²) in [7, 11) is 0. The molecule has 1 atom stereocenters. The number of aliphatic hydroxyl groups excluding tert-OH is 1. The van der Waals surface area contributed by atoms with Crippen molar-refractivity contribution in [1.82, 2.24) is 4.90 Å². The van der Waals surface area contributed by atoms with Crippen molar-refractivity contribution < 1.29 is 9.90 Å². The number of hydrogen-bond donors (Lipinski definition) is 1. The van der Waals surface area contributed by atoms with Gasteiger partial charge in [0.25, 0.3) is 5.91 Å². The van der Waals surface area contributed by atoms with Crippen LogP contribution in [-0.4, -0.2) is 35.1 Å². The second-order valence-electron chi connectivity index (χ2n) is 6.54. The SMILES string of the molecule is N#Cc1ccccc1C(=O)N1CCC([C@@H](O)Cc2ccccc2)CC1. The highest BCUT2D eigenvalue weighted by atomic mass is 16.3. The third-order valence-corrected chi connectivity index (χ3v) is 4.94. The number of carbonyl (C=O) groups excluding carboxylic acids is 1. The van der Waals surface area contributed by atoms with Crippen LogP contribution < -0.4 is 0 Å². The second-order valence-corrected chi connectivity index (χ2v) is 6.54. The lowest BCUT2D eigenvalue weighted by Crippen LogP contribution is -2.41. The van der Waals surface area contributed by atoms with Gasteiger partial charge in [-0.2, -0.15) is 5.26 Å². The average Bonchev–Trinajstić information content (AvgIpc) is 2.68. The van der Waals surface area contributed by atoms with Crippen molar-refractivity contribution in [3.8, 4) is 6.07 Å². The molecule has 0 aliphatic carbocycles. The summed E-state index contributed by atoms with van der Waals surface area (Å²) in [6.07, 6.45) is 1.84. The first-order valence-electron chi connectivity index (χ1n) is 8.69. The lowest BCUT2D eigenvalue weighted by Gasteiger charge is -2.34. The summed E-state index contributed by atoms with van der Waals surface area (Å²) in [6, 6.07) is 19.0. The van der Waals surface area contributed by atoms with Crippen LogP contribution in [-0.2, 0) is 6.42 Å². The monoisotopic (exact) mass is 334 g/mol. The van der Waals surface area contributed by atoms with Crippen LogP contribution in [0, 0.1) is 17.2 Å². The molecule has 0 radical (unpaired) electrons. The number of rotatable bonds is 4. The van der Waals surface area contributed by atoms with Crippen LogP contribution in [0.3, 0.4) is 0 Å². The van der Waals surface area contributed by atoms with E-state index in [9.17, 15) is 9.90 Å². The third-order valence-electron chi connectivity index (χ3n) is 4.94. The van der Waals surface area contributed by atoms with Gasteiger partial charge in [-0.05, 0) is 42.9 Å². The minimum atomic E-state index is -0.383. The molecule has 1 saturated heterocycles. The number of nitriles is 1. The highest BCUT2D eigenvalue weighted by Crippen LogP contribution is 2.24. The molecule has 1 amide bonds. The maximum Gasteiger partial charge on any atom is 0.255 e. The van der Waals surface area contributed by atoms with E-state index in [2.05, 4.69) is 6.07 Å².